The maximum Gasteiger partial charge on any atom is 0.141 e. The van der Waals surface area contributed by atoms with Gasteiger partial charge in [0.05, 0.1) is 0 Å². The van der Waals surface area contributed by atoms with E-state index < -0.39 is 0 Å². The van der Waals surface area contributed by atoms with Gasteiger partial charge < -0.3 is 0 Å². The highest BCUT2D eigenvalue weighted by Crippen LogP contribution is 2.28. The summed E-state index contributed by atoms with van der Waals surface area (Å²) in [6, 6.07) is 3.63. The zero-order valence-corrected chi connectivity index (χ0v) is 10.9. The van der Waals surface area contributed by atoms with E-state index >= 15 is 0 Å². The molecule has 3 heterocycles. The van der Waals surface area contributed by atoms with Gasteiger partial charge in [-0.3, -0.25) is 0 Å². The Kier molecular flexibility index (Phi) is 2.88. The first-order valence-corrected chi connectivity index (χ1v) is 6.94. The minimum atomic E-state index is 0.649. The molecule has 3 aromatic heterocycles. The van der Waals surface area contributed by atoms with Crippen LogP contribution in [0, 0.1) is 0 Å². The van der Waals surface area contributed by atoms with E-state index in [0.29, 0.717) is 5.02 Å². The van der Waals surface area contributed by atoms with Gasteiger partial charge in [-0.25, -0.2) is 15.0 Å². The second-order valence-electron chi connectivity index (χ2n) is 3.23. The monoisotopic (exact) mass is 279 g/mol. The van der Waals surface area contributed by atoms with Crippen LogP contribution in [-0.4, -0.2) is 15.0 Å². The van der Waals surface area contributed by atoms with Gasteiger partial charge >= 0.3 is 0 Å². The molecule has 3 aromatic rings. The Morgan fingerprint density at radius 3 is 1.82 bits per heavy atom. The van der Waals surface area contributed by atoms with Crippen molar-refractivity contribution in [2.75, 3.05) is 0 Å². The molecule has 6 heteroatoms. The summed E-state index contributed by atoms with van der Waals surface area (Å²) in [7, 11) is 0. The number of nitrogens with zero attached hydrogens (tertiary/aromatic N) is 3. The van der Waals surface area contributed by atoms with Gasteiger partial charge in [0, 0.05) is 28.2 Å². The highest BCUT2D eigenvalue weighted by Gasteiger charge is 2.09. The lowest BCUT2D eigenvalue weighted by atomic mass is 10.3. The lowest BCUT2D eigenvalue weighted by molar-refractivity contribution is 1.27. The molecule has 0 atom stereocenters. The Bertz CT molecular complexity index is 568. The fourth-order valence-corrected chi connectivity index (χ4v) is 2.82. The molecule has 0 amide bonds. The minimum Gasteiger partial charge on any atom is -0.243 e. The van der Waals surface area contributed by atoms with Crippen LogP contribution in [0.25, 0.3) is 21.4 Å². The van der Waals surface area contributed by atoms with Gasteiger partial charge in [0.15, 0.2) is 0 Å². The van der Waals surface area contributed by atoms with Gasteiger partial charge in [0.25, 0.3) is 0 Å². The van der Waals surface area contributed by atoms with E-state index in [2.05, 4.69) is 15.0 Å². The van der Waals surface area contributed by atoms with Crippen molar-refractivity contribution in [3.05, 3.63) is 40.3 Å². The molecule has 0 fully saturated rings. The third-order valence-corrected chi connectivity index (χ3v) is 3.90. The number of pyridine rings is 1. The summed E-state index contributed by atoms with van der Waals surface area (Å²) >= 11 is 9.18. The molecule has 0 saturated heterocycles. The molecule has 3 nitrogen and oxygen atoms in total. The molecule has 0 N–H and O–H groups in total. The summed E-state index contributed by atoms with van der Waals surface area (Å²) < 4.78 is 0. The topological polar surface area (TPSA) is 38.7 Å². The van der Waals surface area contributed by atoms with E-state index in [1.54, 1.807) is 35.1 Å². The van der Waals surface area contributed by atoms with Gasteiger partial charge in [-0.2, -0.15) is 0 Å². The van der Waals surface area contributed by atoms with Crippen LogP contribution >= 0.6 is 34.3 Å². The maximum atomic E-state index is 6.10. The molecule has 17 heavy (non-hydrogen) atoms. The van der Waals surface area contributed by atoms with Crippen molar-refractivity contribution >= 4 is 34.3 Å². The predicted octanol–water partition coefficient (Wildman–Crippen LogP) is 3.98. The van der Waals surface area contributed by atoms with Crippen molar-refractivity contribution in [2.45, 2.75) is 0 Å². The van der Waals surface area contributed by atoms with Crippen LogP contribution in [0.2, 0.25) is 5.02 Å². The first-order valence-electron chi connectivity index (χ1n) is 4.80. The average Bonchev–Trinajstić information content (AvgIpc) is 3.02. The Morgan fingerprint density at radius 2 is 1.41 bits per heavy atom. The van der Waals surface area contributed by atoms with Crippen LogP contribution in [0.1, 0.15) is 0 Å². The molecule has 0 radical (unpaired) electrons. The standard InChI is InChI=1S/C11H6ClN3S2/c12-7-5-8(10-13-1-3-16-10)15-9(6-7)11-14-2-4-17-11/h1-6H. The van der Waals surface area contributed by atoms with E-state index in [9.17, 15) is 0 Å². The van der Waals surface area contributed by atoms with Crippen LogP contribution in [0.5, 0.6) is 0 Å². The van der Waals surface area contributed by atoms with Crippen molar-refractivity contribution in [1.29, 1.82) is 0 Å². The van der Waals surface area contributed by atoms with Gasteiger partial charge in [0.1, 0.15) is 21.4 Å². The normalized spacial score (nSPS) is 10.6. The summed E-state index contributed by atoms with van der Waals surface area (Å²) in [5.41, 5.74) is 1.58. The number of hydrogen-bond donors (Lipinski definition) is 0. The number of thiazole rings is 2. The molecule has 0 aromatic carbocycles. The quantitative estimate of drug-likeness (QED) is 0.712. The number of halogens is 1. The molecular weight excluding hydrogens is 274 g/mol. The molecule has 0 aliphatic heterocycles. The van der Waals surface area contributed by atoms with Crippen LogP contribution in [0.4, 0.5) is 0 Å². The highest BCUT2D eigenvalue weighted by atomic mass is 35.5. The molecule has 3 rings (SSSR count). The van der Waals surface area contributed by atoms with Crippen LogP contribution < -0.4 is 0 Å². The summed E-state index contributed by atoms with van der Waals surface area (Å²) in [5, 5.41) is 6.22. The second kappa shape index (κ2) is 4.52. The van der Waals surface area contributed by atoms with Crippen LogP contribution in [0.3, 0.4) is 0 Å². The average molecular weight is 280 g/mol. The van der Waals surface area contributed by atoms with Crippen LogP contribution in [-0.2, 0) is 0 Å². The first kappa shape index (κ1) is 10.8. The predicted molar refractivity (Wildman–Crippen MR) is 71.5 cm³/mol. The fraction of sp³-hybridized carbons (Fsp3) is 0. The first-order chi connectivity index (χ1) is 8.33. The summed E-state index contributed by atoms with van der Waals surface area (Å²) in [6.07, 6.45) is 3.51. The van der Waals surface area contributed by atoms with E-state index in [1.807, 2.05) is 22.9 Å². The second-order valence-corrected chi connectivity index (χ2v) is 5.46. The fourth-order valence-electron chi connectivity index (χ4n) is 1.42. The minimum absolute atomic E-state index is 0.649. The molecule has 0 spiro atoms. The zero-order chi connectivity index (χ0) is 11.7. The van der Waals surface area contributed by atoms with E-state index in [0.717, 1.165) is 21.4 Å². The van der Waals surface area contributed by atoms with Crippen molar-refractivity contribution in [1.82, 2.24) is 15.0 Å². The van der Waals surface area contributed by atoms with Gasteiger partial charge in [0.2, 0.25) is 0 Å². The number of aromatic nitrogens is 3. The van der Waals surface area contributed by atoms with E-state index in [1.165, 1.54) is 0 Å². The molecular formula is C11H6ClN3S2. The Balaban J connectivity index is 2.13. The molecule has 0 unspecified atom stereocenters. The lowest BCUT2D eigenvalue weighted by Crippen LogP contribution is -1.87. The maximum absolute atomic E-state index is 6.10. The summed E-state index contributed by atoms with van der Waals surface area (Å²) in [6.45, 7) is 0. The summed E-state index contributed by atoms with van der Waals surface area (Å²) in [5.74, 6) is 0. The third-order valence-electron chi connectivity index (χ3n) is 2.09. The number of rotatable bonds is 2. The van der Waals surface area contributed by atoms with Gasteiger partial charge in [-0.05, 0) is 12.1 Å². The SMILES string of the molecule is Clc1cc(-c2nccs2)nc(-c2nccs2)c1. The Labute approximate surface area is 111 Å². The van der Waals surface area contributed by atoms with E-state index in [4.69, 9.17) is 11.6 Å². The van der Waals surface area contributed by atoms with Gasteiger partial charge in [-0.15, -0.1) is 22.7 Å². The lowest BCUT2D eigenvalue weighted by Gasteiger charge is -2.01. The smallest absolute Gasteiger partial charge is 0.141 e. The highest BCUT2D eigenvalue weighted by molar-refractivity contribution is 7.13. The molecule has 0 saturated carbocycles. The van der Waals surface area contributed by atoms with Gasteiger partial charge in [-0.1, -0.05) is 11.6 Å². The van der Waals surface area contributed by atoms with Crippen molar-refractivity contribution in [2.24, 2.45) is 0 Å². The number of hydrogen-bond acceptors (Lipinski definition) is 5. The van der Waals surface area contributed by atoms with Crippen molar-refractivity contribution in [3.63, 3.8) is 0 Å². The Morgan fingerprint density at radius 1 is 0.882 bits per heavy atom. The molecule has 0 aliphatic carbocycles. The summed E-state index contributed by atoms with van der Waals surface area (Å²) in [4.78, 5) is 13.0. The molecule has 0 aliphatic rings. The van der Waals surface area contributed by atoms with E-state index in [-0.39, 0.29) is 0 Å². The molecule has 84 valence electrons. The zero-order valence-electron chi connectivity index (χ0n) is 8.50. The largest absolute Gasteiger partial charge is 0.243 e. The van der Waals surface area contributed by atoms with Crippen molar-refractivity contribution in [3.8, 4) is 21.4 Å². The molecule has 0 bridgehead atoms. The third kappa shape index (κ3) is 2.22. The van der Waals surface area contributed by atoms with Crippen LogP contribution in [0.15, 0.2) is 35.3 Å². The van der Waals surface area contributed by atoms with Crippen molar-refractivity contribution < 1.29 is 0 Å². The Hall–Kier alpha value is -1.30.